The number of H-pyrrole nitrogens is 1. The summed E-state index contributed by atoms with van der Waals surface area (Å²) in [6.07, 6.45) is 3.09. The first kappa shape index (κ1) is 17.7. The van der Waals surface area contributed by atoms with Gasteiger partial charge in [-0.15, -0.1) is 0 Å². The number of aliphatic hydroxyl groups is 1. The predicted molar refractivity (Wildman–Crippen MR) is 103 cm³/mol. The molecule has 0 fully saturated rings. The first-order valence-electron chi connectivity index (χ1n) is 8.65. The number of aliphatic hydroxyl groups excluding tert-OH is 1. The maximum absolute atomic E-state index is 12.9. The van der Waals surface area contributed by atoms with Crippen molar-refractivity contribution in [1.29, 1.82) is 0 Å². The lowest BCUT2D eigenvalue weighted by molar-refractivity contribution is -0.116. The van der Waals surface area contributed by atoms with Gasteiger partial charge in [-0.3, -0.25) is 14.7 Å². The van der Waals surface area contributed by atoms with Crippen LogP contribution in [-0.4, -0.2) is 35.4 Å². The van der Waals surface area contributed by atoms with Gasteiger partial charge in [0.1, 0.15) is 12.1 Å². The number of carbonyl (C=O) groups is 1. The second kappa shape index (κ2) is 7.12. The lowest BCUT2D eigenvalue weighted by atomic mass is 10.1. The molecule has 4 aromatic rings. The van der Waals surface area contributed by atoms with E-state index in [2.05, 4.69) is 20.6 Å². The van der Waals surface area contributed by atoms with Crippen molar-refractivity contribution in [3.63, 3.8) is 0 Å². The zero-order valence-electron chi connectivity index (χ0n) is 15.1. The zero-order chi connectivity index (χ0) is 19.7. The number of aromatic nitrogens is 5. The van der Waals surface area contributed by atoms with Crippen LogP contribution < -0.4 is 10.9 Å². The van der Waals surface area contributed by atoms with Crippen LogP contribution in [0.25, 0.3) is 16.8 Å². The third-order valence-corrected chi connectivity index (χ3v) is 4.35. The van der Waals surface area contributed by atoms with Crippen molar-refractivity contribution in [3.05, 3.63) is 70.4 Å². The second-order valence-electron chi connectivity index (χ2n) is 6.36. The summed E-state index contributed by atoms with van der Waals surface area (Å²) in [6.45, 7) is 1.30. The third kappa shape index (κ3) is 3.19. The van der Waals surface area contributed by atoms with Crippen molar-refractivity contribution in [2.45, 2.75) is 20.1 Å². The lowest BCUT2D eigenvalue weighted by Gasteiger charge is -2.06. The van der Waals surface area contributed by atoms with E-state index in [1.54, 1.807) is 12.3 Å². The van der Waals surface area contributed by atoms with Gasteiger partial charge in [-0.25, -0.2) is 4.52 Å². The SMILES string of the molecule is Cc1cc(NC(=O)Cn2ccn3nc(-c4ccccc4)c(CO)c3c2=O)n[nH]1. The molecule has 3 N–H and O–H groups in total. The standard InChI is InChI=1S/C19H18N6O3/c1-12-9-15(22-21-12)20-16(27)10-24-7-8-25-18(19(24)28)14(11-26)17(23-25)13-5-3-2-4-6-13/h2-9,26H,10-11H2,1H3,(H2,20,21,22,27). The average molecular weight is 378 g/mol. The van der Waals surface area contributed by atoms with E-state index in [0.29, 0.717) is 17.1 Å². The van der Waals surface area contributed by atoms with E-state index in [1.807, 2.05) is 37.3 Å². The summed E-state index contributed by atoms with van der Waals surface area (Å²) >= 11 is 0. The number of amides is 1. The van der Waals surface area contributed by atoms with Gasteiger partial charge in [-0.05, 0) is 6.92 Å². The summed E-state index contributed by atoms with van der Waals surface area (Å²) in [5.74, 6) is 0.00897. The monoisotopic (exact) mass is 378 g/mol. The number of nitrogens with one attached hydrogen (secondary N) is 2. The van der Waals surface area contributed by atoms with E-state index in [-0.39, 0.29) is 24.6 Å². The molecular formula is C19H18N6O3. The van der Waals surface area contributed by atoms with E-state index >= 15 is 0 Å². The summed E-state index contributed by atoms with van der Waals surface area (Å²) in [5.41, 5.74) is 2.41. The van der Waals surface area contributed by atoms with Crippen molar-refractivity contribution < 1.29 is 9.90 Å². The summed E-state index contributed by atoms with van der Waals surface area (Å²) in [5, 5.41) is 23.6. The fraction of sp³-hybridized carbons (Fsp3) is 0.158. The van der Waals surface area contributed by atoms with Crippen molar-refractivity contribution in [1.82, 2.24) is 24.4 Å². The number of hydrogen-bond donors (Lipinski definition) is 3. The van der Waals surface area contributed by atoms with E-state index in [0.717, 1.165) is 11.3 Å². The maximum Gasteiger partial charge on any atom is 0.277 e. The molecule has 28 heavy (non-hydrogen) atoms. The smallest absolute Gasteiger partial charge is 0.277 e. The Morgan fingerprint density at radius 2 is 2.04 bits per heavy atom. The van der Waals surface area contributed by atoms with Crippen LogP contribution in [-0.2, 0) is 17.9 Å². The Labute approximate surface area is 159 Å². The Bertz CT molecular complexity index is 1210. The molecule has 3 heterocycles. The van der Waals surface area contributed by atoms with Gasteiger partial charge in [0.05, 0.1) is 12.3 Å². The molecule has 0 spiro atoms. The van der Waals surface area contributed by atoms with Gasteiger partial charge < -0.3 is 15.0 Å². The average Bonchev–Trinajstić information content (AvgIpc) is 3.28. The van der Waals surface area contributed by atoms with Gasteiger partial charge in [0.25, 0.3) is 5.56 Å². The molecule has 142 valence electrons. The normalized spacial score (nSPS) is 11.1. The van der Waals surface area contributed by atoms with Gasteiger partial charge in [0.2, 0.25) is 5.91 Å². The van der Waals surface area contributed by atoms with Crippen LogP contribution in [0.2, 0.25) is 0 Å². The minimum Gasteiger partial charge on any atom is -0.392 e. The highest BCUT2D eigenvalue weighted by atomic mass is 16.3. The van der Waals surface area contributed by atoms with E-state index < -0.39 is 5.56 Å². The summed E-state index contributed by atoms with van der Waals surface area (Å²) < 4.78 is 2.71. The third-order valence-electron chi connectivity index (χ3n) is 4.35. The molecule has 1 aromatic carbocycles. The zero-order valence-corrected chi connectivity index (χ0v) is 15.1. The van der Waals surface area contributed by atoms with Crippen molar-refractivity contribution in [2.24, 2.45) is 0 Å². The fourth-order valence-corrected chi connectivity index (χ4v) is 3.07. The van der Waals surface area contributed by atoms with E-state index in [4.69, 9.17) is 0 Å². The molecule has 1 amide bonds. The molecule has 4 rings (SSSR count). The van der Waals surface area contributed by atoms with Crippen molar-refractivity contribution in [2.75, 3.05) is 5.32 Å². The number of carbonyl (C=O) groups excluding carboxylic acids is 1. The molecule has 0 aliphatic rings. The Balaban J connectivity index is 1.70. The van der Waals surface area contributed by atoms with Crippen LogP contribution in [0.1, 0.15) is 11.3 Å². The topological polar surface area (TPSA) is 117 Å². The number of fused-ring (bicyclic) bond motifs is 1. The highest BCUT2D eigenvalue weighted by Gasteiger charge is 2.18. The van der Waals surface area contributed by atoms with Crippen molar-refractivity contribution >= 4 is 17.2 Å². The molecule has 0 aliphatic heterocycles. The van der Waals surface area contributed by atoms with Crippen LogP contribution in [0.4, 0.5) is 5.82 Å². The molecule has 0 radical (unpaired) electrons. The number of benzene rings is 1. The molecule has 0 bridgehead atoms. The van der Waals surface area contributed by atoms with Crippen LogP contribution in [0, 0.1) is 6.92 Å². The van der Waals surface area contributed by atoms with Crippen molar-refractivity contribution in [3.8, 4) is 11.3 Å². The minimum atomic E-state index is -0.408. The number of aryl methyl sites for hydroxylation is 1. The molecule has 0 atom stereocenters. The molecule has 9 heteroatoms. The predicted octanol–water partition coefficient (Wildman–Crippen LogP) is 1.33. The van der Waals surface area contributed by atoms with Gasteiger partial charge in [-0.1, -0.05) is 30.3 Å². The number of rotatable bonds is 5. The van der Waals surface area contributed by atoms with Gasteiger partial charge in [0.15, 0.2) is 5.82 Å². The summed E-state index contributed by atoms with van der Waals surface area (Å²) in [7, 11) is 0. The molecule has 3 aromatic heterocycles. The highest BCUT2D eigenvalue weighted by Crippen LogP contribution is 2.24. The number of aromatic amines is 1. The molecule has 0 aliphatic carbocycles. The summed E-state index contributed by atoms with van der Waals surface area (Å²) in [4.78, 5) is 25.2. The van der Waals surface area contributed by atoms with Crippen LogP contribution in [0.3, 0.4) is 0 Å². The summed E-state index contributed by atoms with van der Waals surface area (Å²) in [6, 6.07) is 11.0. The van der Waals surface area contributed by atoms with Crippen LogP contribution in [0.5, 0.6) is 0 Å². The Morgan fingerprint density at radius 1 is 1.25 bits per heavy atom. The quantitative estimate of drug-likeness (QED) is 0.484. The Hall–Kier alpha value is -3.72. The van der Waals surface area contributed by atoms with Crippen LogP contribution >= 0.6 is 0 Å². The van der Waals surface area contributed by atoms with Crippen LogP contribution in [0.15, 0.2) is 53.6 Å². The fourth-order valence-electron chi connectivity index (χ4n) is 3.07. The van der Waals surface area contributed by atoms with Gasteiger partial charge in [-0.2, -0.15) is 10.2 Å². The molecule has 0 unspecified atom stereocenters. The first-order chi connectivity index (χ1) is 13.6. The van der Waals surface area contributed by atoms with E-state index in [1.165, 1.54) is 15.3 Å². The number of hydrogen-bond acceptors (Lipinski definition) is 5. The molecule has 0 saturated heterocycles. The van der Waals surface area contributed by atoms with Gasteiger partial charge in [0, 0.05) is 35.3 Å². The lowest BCUT2D eigenvalue weighted by Crippen LogP contribution is -2.28. The minimum absolute atomic E-state index is 0.183. The maximum atomic E-state index is 12.9. The second-order valence-corrected chi connectivity index (χ2v) is 6.36. The largest absolute Gasteiger partial charge is 0.392 e. The first-order valence-corrected chi connectivity index (χ1v) is 8.65. The Kier molecular flexibility index (Phi) is 4.50. The van der Waals surface area contributed by atoms with E-state index in [9.17, 15) is 14.7 Å². The molecule has 0 saturated carbocycles. The van der Waals surface area contributed by atoms with Gasteiger partial charge >= 0.3 is 0 Å². The number of nitrogens with zero attached hydrogens (tertiary/aromatic N) is 4. The molecule has 9 nitrogen and oxygen atoms in total. The Morgan fingerprint density at radius 3 is 2.71 bits per heavy atom. The molecular weight excluding hydrogens is 360 g/mol. The highest BCUT2D eigenvalue weighted by molar-refractivity contribution is 5.89. The number of anilines is 1.